The summed E-state index contributed by atoms with van der Waals surface area (Å²) < 4.78 is 15.4. The zero-order valence-corrected chi connectivity index (χ0v) is 12.6. The lowest BCUT2D eigenvalue weighted by molar-refractivity contribution is -0.119. The Labute approximate surface area is 133 Å². The Bertz CT molecular complexity index is 649. The second-order valence-corrected chi connectivity index (χ2v) is 5.27. The fourth-order valence-corrected chi connectivity index (χ4v) is 2.60. The van der Waals surface area contributed by atoms with Gasteiger partial charge in [-0.1, -0.05) is 0 Å². The van der Waals surface area contributed by atoms with Crippen LogP contribution in [0.3, 0.4) is 0 Å². The molecule has 1 fully saturated rings. The number of benzene rings is 1. The molecule has 0 spiro atoms. The summed E-state index contributed by atoms with van der Waals surface area (Å²) in [4.78, 5) is 15.8. The quantitative estimate of drug-likeness (QED) is 0.902. The molecule has 8 heteroatoms. The van der Waals surface area contributed by atoms with Gasteiger partial charge in [0.15, 0.2) is 5.82 Å². The predicted molar refractivity (Wildman–Crippen MR) is 82.5 cm³/mol. The molecule has 0 bridgehead atoms. The number of nitrogens with one attached hydrogen (secondary N) is 1. The van der Waals surface area contributed by atoms with Crippen LogP contribution < -0.4 is 11.1 Å². The zero-order chi connectivity index (χ0) is 14.8. The van der Waals surface area contributed by atoms with E-state index in [1.807, 2.05) is 0 Å². The summed E-state index contributed by atoms with van der Waals surface area (Å²) in [7, 11) is 0. The maximum absolute atomic E-state index is 14.0. The van der Waals surface area contributed by atoms with E-state index in [0.717, 1.165) is 12.8 Å². The molecular weight excluding hydrogens is 309 g/mol. The average molecular weight is 326 g/mol. The number of anilines is 1. The molecule has 1 aliphatic rings. The van der Waals surface area contributed by atoms with Crippen LogP contribution in [0.25, 0.3) is 5.69 Å². The van der Waals surface area contributed by atoms with Crippen molar-refractivity contribution in [3.63, 3.8) is 0 Å². The van der Waals surface area contributed by atoms with Gasteiger partial charge >= 0.3 is 0 Å². The van der Waals surface area contributed by atoms with Crippen molar-refractivity contribution in [1.82, 2.24) is 14.8 Å². The highest BCUT2D eigenvalue weighted by Gasteiger charge is 2.27. The number of hydrogen-bond donors (Lipinski definition) is 2. The first kappa shape index (κ1) is 16.4. The number of nitrogens with two attached hydrogens (primary N) is 1. The van der Waals surface area contributed by atoms with E-state index in [-0.39, 0.29) is 36.0 Å². The lowest BCUT2D eigenvalue weighted by Gasteiger charge is -2.11. The molecule has 0 aliphatic heterocycles. The number of halogens is 2. The van der Waals surface area contributed by atoms with E-state index in [9.17, 15) is 9.18 Å². The van der Waals surface area contributed by atoms with Crippen molar-refractivity contribution in [2.45, 2.75) is 25.3 Å². The summed E-state index contributed by atoms with van der Waals surface area (Å²) in [6.07, 6.45) is 5.07. The Kier molecular flexibility index (Phi) is 5.10. The van der Waals surface area contributed by atoms with E-state index < -0.39 is 5.82 Å². The number of carbonyl (C=O) groups excluding carboxylic acids is 1. The molecule has 2 aromatic rings. The predicted octanol–water partition coefficient (Wildman–Crippen LogP) is 1.89. The Balaban J connectivity index is 0.00000176. The maximum Gasteiger partial charge on any atom is 0.227 e. The van der Waals surface area contributed by atoms with E-state index >= 15 is 0 Å². The summed E-state index contributed by atoms with van der Waals surface area (Å²) in [5, 5.41) is 6.61. The van der Waals surface area contributed by atoms with Gasteiger partial charge in [0.2, 0.25) is 5.91 Å². The number of hydrogen-bond acceptors (Lipinski definition) is 4. The van der Waals surface area contributed by atoms with Crippen LogP contribution in [-0.4, -0.2) is 26.7 Å². The molecule has 1 aromatic carbocycles. The molecule has 1 amide bonds. The van der Waals surface area contributed by atoms with E-state index in [1.165, 1.54) is 23.4 Å². The van der Waals surface area contributed by atoms with Gasteiger partial charge in [0.05, 0.1) is 0 Å². The van der Waals surface area contributed by atoms with Gasteiger partial charge in [0, 0.05) is 17.6 Å². The van der Waals surface area contributed by atoms with Crippen LogP contribution in [0.15, 0.2) is 30.9 Å². The highest BCUT2D eigenvalue weighted by molar-refractivity contribution is 5.92. The van der Waals surface area contributed by atoms with Gasteiger partial charge in [-0.15, -0.1) is 12.4 Å². The molecular formula is C14H17ClFN5O. The summed E-state index contributed by atoms with van der Waals surface area (Å²) in [5.41, 5.74) is 6.52. The zero-order valence-electron chi connectivity index (χ0n) is 11.8. The average Bonchev–Trinajstić information content (AvgIpc) is 3.10. The largest absolute Gasteiger partial charge is 0.328 e. The van der Waals surface area contributed by atoms with Gasteiger partial charge in [-0.3, -0.25) is 4.79 Å². The third kappa shape index (κ3) is 3.42. The van der Waals surface area contributed by atoms with Crippen LogP contribution in [0.1, 0.15) is 19.3 Å². The van der Waals surface area contributed by atoms with Gasteiger partial charge in [0.1, 0.15) is 18.3 Å². The standard InChI is InChI=1S/C14H16FN5O.ClH/c15-12-6-11(3-4-13(12)20-8-17-7-18-20)19-14(21)9-1-2-10(16)5-9;/h3-4,6-10H,1-2,5,16H2,(H,19,21);1H. The van der Waals surface area contributed by atoms with Gasteiger partial charge in [-0.05, 0) is 37.5 Å². The first-order valence-electron chi connectivity index (χ1n) is 6.84. The molecule has 1 heterocycles. The summed E-state index contributed by atoms with van der Waals surface area (Å²) in [6.45, 7) is 0. The Morgan fingerprint density at radius 1 is 1.41 bits per heavy atom. The van der Waals surface area contributed by atoms with E-state index in [2.05, 4.69) is 15.4 Å². The Morgan fingerprint density at radius 2 is 2.23 bits per heavy atom. The van der Waals surface area contributed by atoms with Gasteiger partial charge in [-0.25, -0.2) is 14.1 Å². The first-order valence-corrected chi connectivity index (χ1v) is 6.84. The molecule has 2 atom stereocenters. The monoisotopic (exact) mass is 325 g/mol. The lowest BCUT2D eigenvalue weighted by atomic mass is 10.1. The molecule has 3 N–H and O–H groups in total. The normalized spacial score (nSPS) is 20.5. The fourth-order valence-electron chi connectivity index (χ4n) is 2.60. The molecule has 1 aliphatic carbocycles. The van der Waals surface area contributed by atoms with E-state index in [0.29, 0.717) is 12.1 Å². The second kappa shape index (κ2) is 6.85. The smallest absolute Gasteiger partial charge is 0.227 e. The summed E-state index contributed by atoms with van der Waals surface area (Å²) >= 11 is 0. The molecule has 2 unspecified atom stereocenters. The van der Waals surface area contributed by atoms with Gasteiger partial charge in [0.25, 0.3) is 0 Å². The SMILES string of the molecule is Cl.NC1CCC(C(=O)Nc2ccc(-n3cncn3)c(F)c2)C1. The molecule has 118 valence electrons. The third-order valence-corrected chi connectivity index (χ3v) is 3.72. The highest BCUT2D eigenvalue weighted by Crippen LogP contribution is 2.26. The molecule has 0 radical (unpaired) electrons. The number of rotatable bonds is 3. The van der Waals surface area contributed by atoms with Crippen molar-refractivity contribution in [2.75, 3.05) is 5.32 Å². The third-order valence-electron chi connectivity index (χ3n) is 3.72. The van der Waals surface area contributed by atoms with Crippen LogP contribution >= 0.6 is 12.4 Å². The van der Waals surface area contributed by atoms with E-state index in [1.54, 1.807) is 12.1 Å². The van der Waals surface area contributed by atoms with E-state index in [4.69, 9.17) is 5.73 Å². The first-order chi connectivity index (χ1) is 10.1. The lowest BCUT2D eigenvalue weighted by Crippen LogP contribution is -2.23. The van der Waals surface area contributed by atoms with Gasteiger partial charge < -0.3 is 11.1 Å². The molecule has 3 rings (SSSR count). The van der Waals surface area contributed by atoms with Crippen molar-refractivity contribution in [3.8, 4) is 5.69 Å². The number of aromatic nitrogens is 3. The van der Waals surface area contributed by atoms with Crippen LogP contribution in [0.2, 0.25) is 0 Å². The van der Waals surface area contributed by atoms with Crippen LogP contribution in [0.5, 0.6) is 0 Å². The van der Waals surface area contributed by atoms with Crippen molar-refractivity contribution in [3.05, 3.63) is 36.7 Å². The molecule has 0 saturated heterocycles. The fraction of sp³-hybridized carbons (Fsp3) is 0.357. The molecule has 22 heavy (non-hydrogen) atoms. The van der Waals surface area contributed by atoms with Crippen LogP contribution in [0.4, 0.5) is 10.1 Å². The van der Waals surface area contributed by atoms with Crippen molar-refractivity contribution in [2.24, 2.45) is 11.7 Å². The molecule has 1 saturated carbocycles. The summed E-state index contributed by atoms with van der Waals surface area (Å²) in [5.74, 6) is -0.657. The molecule has 1 aromatic heterocycles. The maximum atomic E-state index is 14.0. The Morgan fingerprint density at radius 3 is 2.82 bits per heavy atom. The minimum absolute atomic E-state index is 0. The van der Waals surface area contributed by atoms with Crippen molar-refractivity contribution in [1.29, 1.82) is 0 Å². The minimum Gasteiger partial charge on any atom is -0.328 e. The number of amides is 1. The second-order valence-electron chi connectivity index (χ2n) is 5.27. The van der Waals surface area contributed by atoms with Crippen LogP contribution in [-0.2, 0) is 4.79 Å². The summed E-state index contributed by atoms with van der Waals surface area (Å²) in [6, 6.07) is 4.57. The van der Waals surface area contributed by atoms with Crippen LogP contribution in [0, 0.1) is 11.7 Å². The number of carbonyl (C=O) groups is 1. The highest BCUT2D eigenvalue weighted by atomic mass is 35.5. The van der Waals surface area contributed by atoms with Crippen molar-refractivity contribution < 1.29 is 9.18 Å². The minimum atomic E-state index is -0.471. The van der Waals surface area contributed by atoms with Crippen molar-refractivity contribution >= 4 is 24.0 Å². The Hall–Kier alpha value is -1.99. The topological polar surface area (TPSA) is 85.8 Å². The molecule has 6 nitrogen and oxygen atoms in total. The number of nitrogens with zero attached hydrogens (tertiary/aromatic N) is 3. The van der Waals surface area contributed by atoms with Gasteiger partial charge in [-0.2, -0.15) is 5.10 Å².